The molecular formula is C18H20BrN2O2P. The van der Waals surface area contributed by atoms with Crippen LogP contribution in [0.5, 0.6) is 5.75 Å². The molecule has 0 N–H and O–H groups in total. The first-order valence-electron chi connectivity index (χ1n) is 8.19. The minimum absolute atomic E-state index is 0.347. The number of benzene rings is 2. The van der Waals surface area contributed by atoms with Crippen LogP contribution in [0.25, 0.3) is 0 Å². The van der Waals surface area contributed by atoms with Gasteiger partial charge in [-0.1, -0.05) is 34.1 Å². The van der Waals surface area contributed by atoms with Gasteiger partial charge in [0, 0.05) is 29.3 Å². The van der Waals surface area contributed by atoms with Gasteiger partial charge in [0.05, 0.1) is 12.4 Å². The van der Waals surface area contributed by atoms with E-state index in [9.17, 15) is 4.57 Å². The highest BCUT2D eigenvalue weighted by Crippen LogP contribution is 2.63. The Labute approximate surface area is 151 Å². The van der Waals surface area contributed by atoms with Crippen molar-refractivity contribution in [2.75, 3.05) is 24.9 Å². The fourth-order valence-corrected chi connectivity index (χ4v) is 7.85. The molecule has 0 radical (unpaired) electrons. The average molecular weight is 407 g/mol. The summed E-state index contributed by atoms with van der Waals surface area (Å²) in [7, 11) is -1.29. The molecule has 0 aromatic heterocycles. The maximum Gasteiger partial charge on any atom is 0.273 e. The number of rotatable bonds is 3. The number of nitrogens with zero attached hydrogens (tertiary/aromatic N) is 2. The van der Waals surface area contributed by atoms with E-state index in [1.54, 1.807) is 7.11 Å². The maximum absolute atomic E-state index is 14.4. The minimum Gasteiger partial charge on any atom is -0.496 e. The second-order valence-electron chi connectivity index (χ2n) is 6.24. The maximum atomic E-state index is 14.4. The van der Waals surface area contributed by atoms with Gasteiger partial charge in [-0.05, 0) is 43.2 Å². The van der Waals surface area contributed by atoms with Crippen molar-refractivity contribution in [3.63, 3.8) is 0 Å². The largest absolute Gasteiger partial charge is 0.496 e. The van der Waals surface area contributed by atoms with Crippen LogP contribution in [0.4, 0.5) is 5.69 Å². The van der Waals surface area contributed by atoms with Gasteiger partial charge in [0.15, 0.2) is 0 Å². The van der Waals surface area contributed by atoms with Gasteiger partial charge in [-0.25, -0.2) is 4.67 Å². The number of ether oxygens (including phenoxy) is 1. The quantitative estimate of drug-likeness (QED) is 0.712. The number of hydrogen-bond donors (Lipinski definition) is 0. The molecule has 2 saturated heterocycles. The van der Waals surface area contributed by atoms with Gasteiger partial charge in [0.2, 0.25) is 0 Å². The van der Waals surface area contributed by atoms with E-state index in [2.05, 4.69) is 25.3 Å². The highest BCUT2D eigenvalue weighted by molar-refractivity contribution is 9.10. The molecule has 2 aliphatic heterocycles. The van der Waals surface area contributed by atoms with Gasteiger partial charge in [-0.3, -0.25) is 4.57 Å². The summed E-state index contributed by atoms with van der Waals surface area (Å²) in [5.74, 6) is 0.690. The number of methoxy groups -OCH3 is 1. The van der Waals surface area contributed by atoms with Gasteiger partial charge >= 0.3 is 0 Å². The van der Waals surface area contributed by atoms with E-state index in [1.807, 2.05) is 48.5 Å². The van der Waals surface area contributed by atoms with E-state index < -0.39 is 7.44 Å². The minimum atomic E-state index is -2.93. The van der Waals surface area contributed by atoms with Crippen LogP contribution in [0.2, 0.25) is 0 Å². The Bertz CT molecular complexity index is 799. The fraction of sp³-hybridized carbons (Fsp3) is 0.333. The zero-order valence-electron chi connectivity index (χ0n) is 13.6. The van der Waals surface area contributed by atoms with E-state index in [1.165, 1.54) is 0 Å². The van der Waals surface area contributed by atoms with Crippen LogP contribution in [-0.4, -0.2) is 30.9 Å². The molecule has 2 aliphatic rings. The summed E-state index contributed by atoms with van der Waals surface area (Å²) < 4.78 is 25.2. The normalized spacial score (nSPS) is 26.6. The Hall–Kier alpha value is -1.29. The molecule has 6 heteroatoms. The molecule has 126 valence electrons. The summed E-state index contributed by atoms with van der Waals surface area (Å²) in [6.07, 6.45) is 2.21. The van der Waals surface area contributed by atoms with E-state index in [0.29, 0.717) is 11.8 Å². The lowest BCUT2D eigenvalue weighted by Crippen LogP contribution is -2.28. The lowest BCUT2D eigenvalue weighted by atomic mass is 10.2. The van der Waals surface area contributed by atoms with E-state index in [4.69, 9.17) is 4.74 Å². The molecule has 0 aliphatic carbocycles. The monoisotopic (exact) mass is 406 g/mol. The van der Waals surface area contributed by atoms with Crippen molar-refractivity contribution >= 4 is 34.4 Å². The van der Waals surface area contributed by atoms with Crippen molar-refractivity contribution in [2.24, 2.45) is 0 Å². The fourth-order valence-electron chi connectivity index (χ4n) is 3.83. The molecule has 2 fully saturated rings. The van der Waals surface area contributed by atoms with E-state index in [0.717, 1.165) is 41.4 Å². The predicted molar refractivity (Wildman–Crippen MR) is 101 cm³/mol. The van der Waals surface area contributed by atoms with Crippen LogP contribution in [-0.2, 0) is 4.57 Å². The number of halogens is 1. The number of para-hydroxylation sites is 1. The summed E-state index contributed by atoms with van der Waals surface area (Å²) in [6.45, 7) is 1.68. The molecule has 2 heterocycles. The standard InChI is InChI=1S/C18H20BrN2O2P/c1-23-17-10-9-14(19)12-18(17)24(22)20-11-5-8-16(20)13-21(24)15-6-3-2-4-7-15/h2-4,6-7,9-10,12,16H,5,8,11,13H2,1H3/t16-,24?/m1/s1. The van der Waals surface area contributed by atoms with E-state index in [-0.39, 0.29) is 0 Å². The number of fused-ring (bicyclic) bond motifs is 1. The third-order valence-electron chi connectivity index (χ3n) is 4.91. The van der Waals surface area contributed by atoms with Gasteiger partial charge in [0.1, 0.15) is 5.75 Å². The van der Waals surface area contributed by atoms with Crippen molar-refractivity contribution < 1.29 is 9.30 Å². The van der Waals surface area contributed by atoms with Crippen molar-refractivity contribution in [2.45, 2.75) is 18.9 Å². The highest BCUT2D eigenvalue weighted by Gasteiger charge is 2.52. The zero-order valence-corrected chi connectivity index (χ0v) is 16.0. The summed E-state index contributed by atoms with van der Waals surface area (Å²) in [4.78, 5) is 0. The number of anilines is 1. The molecule has 0 saturated carbocycles. The van der Waals surface area contributed by atoms with Gasteiger partial charge in [-0.15, -0.1) is 0 Å². The van der Waals surface area contributed by atoms with Crippen molar-refractivity contribution in [1.29, 1.82) is 0 Å². The number of hydrogen-bond acceptors (Lipinski definition) is 2. The highest BCUT2D eigenvalue weighted by atomic mass is 79.9. The van der Waals surface area contributed by atoms with Gasteiger partial charge in [0.25, 0.3) is 7.44 Å². The SMILES string of the molecule is COc1ccc(Br)cc1P1(=O)N(c2ccccc2)C[C@H]2CCCN21. The molecule has 4 nitrogen and oxygen atoms in total. The summed E-state index contributed by atoms with van der Waals surface area (Å²) >= 11 is 3.53. The molecule has 24 heavy (non-hydrogen) atoms. The molecular weight excluding hydrogens is 387 g/mol. The summed E-state index contributed by atoms with van der Waals surface area (Å²) in [5, 5.41) is 0.785. The van der Waals surface area contributed by atoms with Crippen molar-refractivity contribution in [3.8, 4) is 5.75 Å². The van der Waals surface area contributed by atoms with Crippen molar-refractivity contribution in [1.82, 2.24) is 4.67 Å². The second kappa shape index (κ2) is 6.21. The molecule has 2 aromatic rings. The molecule has 0 amide bonds. The van der Waals surface area contributed by atoms with Crippen LogP contribution in [0.3, 0.4) is 0 Å². The van der Waals surface area contributed by atoms with Crippen LogP contribution in [0.1, 0.15) is 12.8 Å². The molecule has 2 aromatic carbocycles. The first-order chi connectivity index (χ1) is 11.6. The van der Waals surface area contributed by atoms with Crippen LogP contribution in [0, 0.1) is 0 Å². The lowest BCUT2D eigenvalue weighted by Gasteiger charge is -2.32. The summed E-state index contributed by atoms with van der Waals surface area (Å²) in [5.41, 5.74) is 1.01. The Balaban J connectivity index is 1.90. The van der Waals surface area contributed by atoms with Gasteiger partial charge in [-0.2, -0.15) is 0 Å². The van der Waals surface area contributed by atoms with Gasteiger partial charge < -0.3 is 9.41 Å². The Morgan fingerprint density at radius 3 is 2.75 bits per heavy atom. The Kier molecular flexibility index (Phi) is 4.19. The summed E-state index contributed by atoms with van der Waals surface area (Å²) in [6, 6.07) is 16.2. The van der Waals surface area contributed by atoms with Crippen LogP contribution < -0.4 is 14.7 Å². The smallest absolute Gasteiger partial charge is 0.273 e. The second-order valence-corrected chi connectivity index (χ2v) is 9.72. The molecule has 4 rings (SSSR count). The molecule has 2 atom stereocenters. The first kappa shape index (κ1) is 16.2. The Morgan fingerprint density at radius 1 is 1.21 bits per heavy atom. The third kappa shape index (κ3) is 2.42. The lowest BCUT2D eigenvalue weighted by molar-refractivity contribution is 0.413. The molecule has 1 unspecified atom stereocenters. The van der Waals surface area contributed by atoms with Crippen LogP contribution in [0.15, 0.2) is 53.0 Å². The van der Waals surface area contributed by atoms with E-state index >= 15 is 0 Å². The zero-order chi connectivity index (χ0) is 16.7. The topological polar surface area (TPSA) is 32.8 Å². The predicted octanol–water partition coefficient (Wildman–Crippen LogP) is 4.26. The average Bonchev–Trinajstić information content (AvgIpc) is 3.18. The third-order valence-corrected chi connectivity index (χ3v) is 8.66. The van der Waals surface area contributed by atoms with Crippen LogP contribution >= 0.6 is 23.4 Å². The van der Waals surface area contributed by atoms with Crippen molar-refractivity contribution in [3.05, 3.63) is 53.0 Å². The first-order valence-corrected chi connectivity index (χ1v) is 10.6. The Morgan fingerprint density at radius 2 is 2.00 bits per heavy atom. The molecule has 0 spiro atoms. The molecule has 0 bridgehead atoms.